The van der Waals surface area contributed by atoms with Crippen molar-refractivity contribution in [3.8, 4) is 0 Å². The van der Waals surface area contributed by atoms with Gasteiger partial charge in [0.25, 0.3) is 23.6 Å². The smallest absolute Gasteiger partial charge is 0.259 e. The van der Waals surface area contributed by atoms with Gasteiger partial charge in [-0.1, -0.05) is 105 Å². The summed E-state index contributed by atoms with van der Waals surface area (Å²) >= 11 is 0. The number of hydrogen-bond donors (Lipinski definition) is 8. The highest BCUT2D eigenvalue weighted by molar-refractivity contribution is 6.41. The summed E-state index contributed by atoms with van der Waals surface area (Å²) in [6, 6.07) is 34.9. The second kappa shape index (κ2) is 27.0. The fraction of sp³-hybridized carbons (Fsp3) is 0.237. The quantitative estimate of drug-likeness (QED) is 0.0372. The van der Waals surface area contributed by atoms with E-state index in [2.05, 4.69) is 20.6 Å². The van der Waals surface area contributed by atoms with Crippen LogP contribution in [0.3, 0.4) is 0 Å². The number of methoxy groups -OCH3 is 1. The van der Waals surface area contributed by atoms with Gasteiger partial charge >= 0.3 is 0 Å². The first kappa shape index (κ1) is 69.2. The lowest BCUT2D eigenvalue weighted by Crippen LogP contribution is -2.58. The van der Waals surface area contributed by atoms with Gasteiger partial charge in [0, 0.05) is 91.9 Å². The number of aromatic nitrogens is 4. The SMILES string of the molecule is CC.COC1(CO)CC(O)C(O)C(n2c3cc(F)c(F)cc3c3c4c(c5c6cc(F)c(F)cc6[nH]c5c32)C(=O)NC4=O)O1.O=C1NC(=O)c2c1c1c3cc(F)c(F)cc3[nH]c1c1c2c2cc(F)c(F)cc2n1C1OC(COCc2ccccc2)C(O)C(OCc2ccccc2)C1OCc1ccccc1. The largest absolute Gasteiger partial charge is 0.391 e. The Bertz CT molecular complexity index is 5670. The Morgan fingerprint density at radius 2 is 0.875 bits per heavy atom. The number of imide groups is 2. The Balaban J connectivity index is 0.000000176. The highest BCUT2D eigenvalue weighted by Crippen LogP contribution is 2.51. The summed E-state index contributed by atoms with van der Waals surface area (Å²) in [5.74, 6) is -15.1. The number of amides is 4. The van der Waals surface area contributed by atoms with Crippen LogP contribution in [-0.2, 0) is 48.2 Å². The number of nitrogens with zero attached hydrogens (tertiary/aromatic N) is 2. The molecule has 9 aromatic carbocycles. The Kier molecular flexibility index (Phi) is 17.9. The number of ether oxygens (including phenoxy) is 6. The molecule has 8 N–H and O–H groups in total. The molecular weight excluding hydrogens is 1370 g/mol. The molecule has 17 rings (SSSR count). The molecular formula is C76H60F8N6O14. The maximum absolute atomic E-state index is 15.7. The minimum atomic E-state index is -1.83. The highest BCUT2D eigenvalue weighted by Gasteiger charge is 2.51. The first-order chi connectivity index (χ1) is 50.2. The minimum Gasteiger partial charge on any atom is -0.391 e. The van der Waals surface area contributed by atoms with Gasteiger partial charge in [-0.05, 0) is 41.0 Å². The van der Waals surface area contributed by atoms with Crippen LogP contribution in [0.5, 0.6) is 0 Å². The zero-order valence-electron chi connectivity index (χ0n) is 54.9. The summed E-state index contributed by atoms with van der Waals surface area (Å²) in [5.41, 5.74) is 1.84. The molecule has 20 nitrogen and oxygen atoms in total. The summed E-state index contributed by atoms with van der Waals surface area (Å²) in [6.07, 6.45) is -11.5. The standard InChI is InChI=1S/C47H35F4N3O7.C27H19F4N3O7.C2H6/c48-29-16-27-33(18-31(29)50)52-40-36(27)38-39(46(57)53-45(38)56)37-28-17-30(49)32(51)19-34(28)54(41(37)40)47-44(60-22-26-14-8-3-9-15-26)43(59-21-25-12-6-2-7-13-25)42(55)35(61-47)23-58-20-24-10-4-1-5-11-24;1-40-27(7-35)6-16(36)23(37)26(41-27)34-15-5-13(31)11(29)3-9(15)18-20-19(24(38)33-25(20)39)17-8-2-10(28)12(30)4-14(8)32-21(17)22(18)34;1-2/h1-19,35,42-44,47,52,55H,20-23H2,(H,53,56,57);2-5,16,23,26,32,35-37H,6-7H2,1H3,(H,33,38,39);1-2H3. The third-order valence-electron chi connectivity index (χ3n) is 19.4. The molecule has 28 heteroatoms. The van der Waals surface area contributed by atoms with Crippen molar-refractivity contribution in [2.45, 2.75) is 95.0 Å². The van der Waals surface area contributed by atoms with Gasteiger partial charge < -0.3 is 67.9 Å². The molecule has 534 valence electrons. The number of aliphatic hydroxyl groups excluding tert-OH is 4. The van der Waals surface area contributed by atoms with Crippen LogP contribution in [0.1, 0.15) is 90.8 Å². The van der Waals surface area contributed by atoms with Crippen molar-refractivity contribution in [3.63, 3.8) is 0 Å². The Labute approximate surface area is 581 Å². The lowest BCUT2D eigenvalue weighted by atomic mass is 9.96. The molecule has 9 atom stereocenters. The van der Waals surface area contributed by atoms with Crippen molar-refractivity contribution in [2.75, 3.05) is 20.3 Å². The van der Waals surface area contributed by atoms with Crippen molar-refractivity contribution in [1.29, 1.82) is 0 Å². The zero-order chi connectivity index (χ0) is 73.1. The van der Waals surface area contributed by atoms with E-state index >= 15 is 8.78 Å². The lowest BCUT2D eigenvalue weighted by Gasteiger charge is -2.45. The first-order valence-electron chi connectivity index (χ1n) is 32.9. The van der Waals surface area contributed by atoms with E-state index in [-0.39, 0.29) is 142 Å². The van der Waals surface area contributed by atoms with Crippen LogP contribution in [0, 0.1) is 46.5 Å². The van der Waals surface area contributed by atoms with Crippen molar-refractivity contribution in [1.82, 2.24) is 29.7 Å². The number of carbonyl (C=O) groups excluding carboxylic acids is 4. The Hall–Kier alpha value is -10.5. The van der Waals surface area contributed by atoms with Gasteiger partial charge in [0.05, 0.1) is 94.5 Å². The summed E-state index contributed by atoms with van der Waals surface area (Å²) in [4.78, 5) is 59.7. The molecule has 2 fully saturated rings. The fourth-order valence-electron chi connectivity index (χ4n) is 14.7. The number of nitrogens with one attached hydrogen (secondary N) is 4. The van der Waals surface area contributed by atoms with Crippen molar-refractivity contribution in [3.05, 3.63) is 225 Å². The number of fused-ring (bicyclic) bond motifs is 20. The topological polar surface area (TPSA) is 270 Å². The Morgan fingerprint density at radius 3 is 1.31 bits per heavy atom. The van der Waals surface area contributed by atoms with Gasteiger partial charge in [-0.15, -0.1) is 0 Å². The van der Waals surface area contributed by atoms with E-state index in [1.165, 1.54) is 16.2 Å². The van der Waals surface area contributed by atoms with Gasteiger partial charge in [0.1, 0.15) is 30.5 Å². The van der Waals surface area contributed by atoms with Gasteiger partial charge in [-0.2, -0.15) is 0 Å². The van der Waals surface area contributed by atoms with Crippen molar-refractivity contribution >= 4 is 111 Å². The highest BCUT2D eigenvalue weighted by atomic mass is 19.2. The summed E-state index contributed by atoms with van der Waals surface area (Å²) in [7, 11) is 1.19. The minimum absolute atomic E-state index is 0.000704. The van der Waals surface area contributed by atoms with Crippen LogP contribution in [0.25, 0.3) is 87.2 Å². The average Bonchev–Trinajstić information content (AvgIpc) is 1.53. The number of benzene rings is 9. The first-order valence-corrected chi connectivity index (χ1v) is 32.9. The predicted octanol–water partition coefficient (Wildman–Crippen LogP) is 12.4. The molecule has 4 aliphatic heterocycles. The van der Waals surface area contributed by atoms with Gasteiger partial charge in [0.15, 0.2) is 64.8 Å². The third kappa shape index (κ3) is 11.3. The molecule has 2 saturated heterocycles. The van der Waals surface area contributed by atoms with Crippen LogP contribution in [-0.4, -0.2) is 126 Å². The fourth-order valence-corrected chi connectivity index (χ4v) is 14.7. The molecule has 8 heterocycles. The molecule has 4 aliphatic rings. The van der Waals surface area contributed by atoms with Gasteiger partial charge in [0.2, 0.25) is 0 Å². The molecule has 13 aromatic rings. The van der Waals surface area contributed by atoms with Crippen LogP contribution in [0.2, 0.25) is 0 Å². The van der Waals surface area contributed by atoms with Crippen LogP contribution >= 0.6 is 0 Å². The second-order valence-corrected chi connectivity index (χ2v) is 25.3. The lowest BCUT2D eigenvalue weighted by molar-refractivity contribution is -0.337. The summed E-state index contributed by atoms with van der Waals surface area (Å²) in [6.45, 7) is 3.27. The maximum atomic E-state index is 15.7. The normalized spacial score (nSPS) is 21.7. The molecule has 9 unspecified atom stereocenters. The third-order valence-corrected chi connectivity index (χ3v) is 19.4. The molecule has 4 amide bonds. The summed E-state index contributed by atoms with van der Waals surface area (Å²) in [5, 5.41) is 48.7. The molecule has 0 saturated carbocycles. The van der Waals surface area contributed by atoms with Gasteiger partial charge in [-0.3, -0.25) is 29.8 Å². The van der Waals surface area contributed by atoms with Gasteiger partial charge in [-0.25, -0.2) is 35.1 Å². The maximum Gasteiger partial charge on any atom is 0.259 e. The number of H-pyrrole nitrogens is 2. The van der Waals surface area contributed by atoms with Crippen LogP contribution in [0.15, 0.2) is 140 Å². The van der Waals surface area contributed by atoms with E-state index in [0.717, 1.165) is 65.2 Å². The Morgan fingerprint density at radius 1 is 0.490 bits per heavy atom. The van der Waals surface area contributed by atoms with Crippen LogP contribution in [0.4, 0.5) is 35.1 Å². The number of aromatic amines is 2. The van der Waals surface area contributed by atoms with Crippen LogP contribution < -0.4 is 10.6 Å². The molecule has 0 spiro atoms. The molecule has 0 radical (unpaired) electrons. The zero-order valence-corrected chi connectivity index (χ0v) is 54.9. The van der Waals surface area contributed by atoms with E-state index in [1.54, 1.807) is 0 Å². The second-order valence-electron chi connectivity index (χ2n) is 25.3. The van der Waals surface area contributed by atoms with E-state index in [9.17, 15) is 65.9 Å². The monoisotopic (exact) mass is 1430 g/mol. The number of rotatable bonds is 14. The number of hydrogen-bond acceptors (Lipinski definition) is 14. The number of aliphatic hydroxyl groups is 4. The predicted molar refractivity (Wildman–Crippen MR) is 362 cm³/mol. The molecule has 4 aromatic heterocycles. The van der Waals surface area contributed by atoms with E-state index in [1.807, 2.05) is 105 Å². The molecule has 0 bridgehead atoms. The van der Waals surface area contributed by atoms with E-state index in [4.69, 9.17) is 28.4 Å². The summed E-state index contributed by atoms with van der Waals surface area (Å²) < 4.78 is 159. The number of halogens is 8. The number of carbonyl (C=O) groups is 4. The van der Waals surface area contributed by atoms with Crippen molar-refractivity contribution < 1.29 is 103 Å². The van der Waals surface area contributed by atoms with E-state index < -0.39 is 132 Å². The molecule has 0 aliphatic carbocycles. The molecule has 104 heavy (non-hydrogen) atoms. The van der Waals surface area contributed by atoms with E-state index in [0.29, 0.717) is 0 Å². The van der Waals surface area contributed by atoms with Crippen molar-refractivity contribution in [2.24, 2.45) is 0 Å². The average molecular weight is 1430 g/mol.